The fraction of sp³-hybridized carbons (Fsp3) is 0.636. The molecule has 0 radical (unpaired) electrons. The van der Waals surface area contributed by atoms with Crippen LogP contribution in [0.1, 0.15) is 24.4 Å². The van der Waals surface area contributed by atoms with Crippen molar-refractivity contribution in [2.75, 3.05) is 0 Å². The van der Waals surface area contributed by atoms with Crippen molar-refractivity contribution in [2.24, 2.45) is 7.05 Å². The second-order valence-corrected chi connectivity index (χ2v) is 5.17. The summed E-state index contributed by atoms with van der Waals surface area (Å²) in [5.74, 6) is 0.203. The van der Waals surface area contributed by atoms with Crippen molar-refractivity contribution in [3.8, 4) is 0 Å². The van der Waals surface area contributed by atoms with Gasteiger partial charge in [-0.25, -0.2) is 4.98 Å². The number of hydrogen-bond acceptors (Lipinski definition) is 2. The van der Waals surface area contributed by atoms with Crippen LogP contribution in [0.15, 0.2) is 0 Å². The van der Waals surface area contributed by atoms with E-state index in [1.54, 1.807) is 14.0 Å². The van der Waals surface area contributed by atoms with Gasteiger partial charge < -0.3 is 0 Å². The van der Waals surface area contributed by atoms with Gasteiger partial charge in [0.2, 0.25) is 0 Å². The molecule has 19 heavy (non-hydrogen) atoms. The molecule has 0 amide bonds. The molecule has 8 heteroatoms. The van der Waals surface area contributed by atoms with Gasteiger partial charge in [0.15, 0.2) is 5.65 Å². The Bertz CT molecular complexity index is 651. The quantitative estimate of drug-likeness (QED) is 0.798. The van der Waals surface area contributed by atoms with Crippen LogP contribution in [0.4, 0.5) is 13.2 Å². The number of aryl methyl sites for hydroxylation is 2. The summed E-state index contributed by atoms with van der Waals surface area (Å²) < 4.78 is 42.6. The molecule has 0 atom stereocenters. The lowest BCUT2D eigenvalue weighted by Crippen LogP contribution is -2.36. The molecule has 1 aliphatic carbocycles. The van der Waals surface area contributed by atoms with Crippen LogP contribution in [-0.2, 0) is 18.5 Å². The Labute approximate surface area is 112 Å². The van der Waals surface area contributed by atoms with Crippen LogP contribution in [0.25, 0.3) is 11.2 Å². The van der Waals surface area contributed by atoms with Crippen molar-refractivity contribution in [3.05, 3.63) is 11.5 Å². The van der Waals surface area contributed by atoms with Crippen LogP contribution in [-0.4, -0.2) is 25.5 Å². The summed E-state index contributed by atoms with van der Waals surface area (Å²) in [7, 11) is 1.62. The van der Waals surface area contributed by atoms with Crippen LogP contribution in [0.3, 0.4) is 0 Å². The van der Waals surface area contributed by atoms with Gasteiger partial charge in [0.1, 0.15) is 16.9 Å². The number of alkyl halides is 4. The van der Waals surface area contributed by atoms with Crippen molar-refractivity contribution in [2.45, 2.75) is 37.4 Å². The smallest absolute Gasteiger partial charge is 0.296 e. The monoisotopic (exact) mass is 292 g/mol. The third-order valence-electron chi connectivity index (χ3n) is 3.67. The number of nitrogens with zero attached hydrogens (tertiary/aromatic N) is 4. The fourth-order valence-electron chi connectivity index (χ4n) is 2.61. The summed E-state index contributed by atoms with van der Waals surface area (Å²) in [4.78, 5) is 4.22. The zero-order valence-electron chi connectivity index (χ0n) is 10.4. The highest BCUT2D eigenvalue weighted by molar-refractivity contribution is 6.16. The highest BCUT2D eigenvalue weighted by Crippen LogP contribution is 2.57. The Hall–Kier alpha value is -1.24. The lowest BCUT2D eigenvalue weighted by molar-refractivity contribution is -0.179. The van der Waals surface area contributed by atoms with Gasteiger partial charge in [-0.2, -0.15) is 18.3 Å². The minimum atomic E-state index is -4.31. The number of aromatic nitrogens is 4. The van der Waals surface area contributed by atoms with Gasteiger partial charge in [-0.05, 0) is 19.8 Å². The predicted molar refractivity (Wildman–Crippen MR) is 64.1 cm³/mol. The Kier molecular flexibility index (Phi) is 2.46. The number of rotatable bonds is 2. The molecule has 1 aliphatic rings. The van der Waals surface area contributed by atoms with E-state index in [0.29, 0.717) is 16.9 Å². The molecule has 0 aromatic carbocycles. The molecule has 0 N–H and O–H groups in total. The second-order valence-electron chi connectivity index (χ2n) is 4.91. The highest BCUT2D eigenvalue weighted by Gasteiger charge is 2.66. The Morgan fingerprint density at radius 3 is 2.47 bits per heavy atom. The van der Waals surface area contributed by atoms with E-state index in [9.17, 15) is 13.2 Å². The standard InChI is InChI=1S/C11H12ClF3N4/c1-6-8-9(18(2)17-6)19(7(5-12)16-8)10(3-4-10)11(13,14)15/h3-5H2,1-2H3. The van der Waals surface area contributed by atoms with Gasteiger partial charge in [-0.15, -0.1) is 11.6 Å². The van der Waals surface area contributed by atoms with Gasteiger partial charge in [0, 0.05) is 7.05 Å². The van der Waals surface area contributed by atoms with Crippen LogP contribution in [0.2, 0.25) is 0 Å². The Morgan fingerprint density at radius 2 is 2.00 bits per heavy atom. The minimum absolute atomic E-state index is 0.0497. The van der Waals surface area contributed by atoms with Crippen molar-refractivity contribution >= 4 is 22.8 Å². The molecule has 1 fully saturated rings. The largest absolute Gasteiger partial charge is 0.412 e. The summed E-state index contributed by atoms with van der Waals surface area (Å²) in [5.41, 5.74) is -0.358. The molecule has 1 saturated carbocycles. The van der Waals surface area contributed by atoms with Crippen LogP contribution >= 0.6 is 11.6 Å². The molecule has 2 aromatic heterocycles. The van der Waals surface area contributed by atoms with Gasteiger partial charge in [0.05, 0.1) is 11.6 Å². The number of halogens is 4. The van der Waals surface area contributed by atoms with Gasteiger partial charge in [-0.3, -0.25) is 9.25 Å². The first-order chi connectivity index (χ1) is 8.82. The molecule has 0 aliphatic heterocycles. The van der Waals surface area contributed by atoms with Crippen LogP contribution in [0.5, 0.6) is 0 Å². The van der Waals surface area contributed by atoms with Crippen molar-refractivity contribution in [3.63, 3.8) is 0 Å². The Balaban J connectivity index is 2.34. The maximum absolute atomic E-state index is 13.3. The van der Waals surface area contributed by atoms with Gasteiger partial charge >= 0.3 is 6.18 Å². The molecule has 0 unspecified atom stereocenters. The summed E-state index contributed by atoms with van der Waals surface area (Å²) >= 11 is 5.77. The molecular formula is C11H12ClF3N4. The third-order valence-corrected chi connectivity index (χ3v) is 3.91. The molecule has 0 bridgehead atoms. The first kappa shape index (κ1) is 12.8. The molecule has 0 saturated heterocycles. The molecular weight excluding hydrogens is 281 g/mol. The highest BCUT2D eigenvalue weighted by atomic mass is 35.5. The maximum atomic E-state index is 13.3. The summed E-state index contributed by atoms with van der Waals surface area (Å²) in [6.45, 7) is 1.73. The van der Waals surface area contributed by atoms with Gasteiger partial charge in [0.25, 0.3) is 0 Å². The first-order valence-electron chi connectivity index (χ1n) is 5.86. The Morgan fingerprint density at radius 1 is 1.37 bits per heavy atom. The van der Waals surface area contributed by atoms with E-state index in [2.05, 4.69) is 10.1 Å². The molecule has 104 valence electrons. The average molecular weight is 293 g/mol. The molecule has 2 aromatic rings. The van der Waals surface area contributed by atoms with Gasteiger partial charge in [-0.1, -0.05) is 0 Å². The van der Waals surface area contributed by atoms with E-state index >= 15 is 0 Å². The second kappa shape index (κ2) is 3.65. The predicted octanol–water partition coefficient (Wildman–Crippen LogP) is 2.87. The zero-order valence-corrected chi connectivity index (χ0v) is 11.2. The molecule has 0 spiro atoms. The van der Waals surface area contributed by atoms with Crippen molar-refractivity contribution in [1.29, 1.82) is 0 Å². The van der Waals surface area contributed by atoms with E-state index in [1.165, 1.54) is 9.25 Å². The SMILES string of the molecule is Cc1nn(C)c2c1nc(CCl)n2C1(C(F)(F)F)CC1. The molecule has 3 rings (SSSR count). The van der Waals surface area contributed by atoms with E-state index in [1.807, 2.05) is 0 Å². The summed E-state index contributed by atoms with van der Waals surface area (Å²) in [6, 6.07) is 0. The average Bonchev–Trinajstić information content (AvgIpc) is 2.95. The van der Waals surface area contributed by atoms with Crippen molar-refractivity contribution in [1.82, 2.24) is 19.3 Å². The summed E-state index contributed by atoms with van der Waals surface area (Å²) in [5, 5.41) is 4.13. The first-order valence-corrected chi connectivity index (χ1v) is 6.39. The van der Waals surface area contributed by atoms with Crippen molar-refractivity contribution < 1.29 is 13.2 Å². The fourth-order valence-corrected chi connectivity index (χ4v) is 2.79. The van der Waals surface area contributed by atoms with E-state index < -0.39 is 11.7 Å². The van der Waals surface area contributed by atoms with Crippen LogP contribution < -0.4 is 0 Å². The lowest BCUT2D eigenvalue weighted by Gasteiger charge is -2.23. The molecule has 4 nitrogen and oxygen atoms in total. The number of imidazole rings is 1. The number of fused-ring (bicyclic) bond motifs is 1. The van der Waals surface area contributed by atoms with E-state index in [-0.39, 0.29) is 24.5 Å². The minimum Gasteiger partial charge on any atom is -0.296 e. The summed E-state index contributed by atoms with van der Waals surface area (Å²) in [6.07, 6.45) is -4.17. The molecule has 2 heterocycles. The van der Waals surface area contributed by atoms with E-state index in [4.69, 9.17) is 11.6 Å². The normalized spacial score (nSPS) is 18.2. The topological polar surface area (TPSA) is 35.6 Å². The number of hydrogen-bond donors (Lipinski definition) is 0. The maximum Gasteiger partial charge on any atom is 0.412 e. The van der Waals surface area contributed by atoms with E-state index in [0.717, 1.165) is 0 Å². The third kappa shape index (κ3) is 1.54. The van der Waals surface area contributed by atoms with Crippen LogP contribution in [0, 0.1) is 6.92 Å². The zero-order chi connectivity index (χ0) is 14.0. The lowest BCUT2D eigenvalue weighted by atomic mass is 10.2.